The molecule has 0 amide bonds. The Morgan fingerprint density at radius 2 is 2.31 bits per heavy atom. The normalized spacial score (nSPS) is 11.1. The molecule has 0 saturated heterocycles. The number of imidazole rings is 1. The summed E-state index contributed by atoms with van der Waals surface area (Å²) in [7, 11) is 1.68. The molecule has 2 rings (SSSR count). The van der Waals surface area contributed by atoms with Crippen molar-refractivity contribution in [1.82, 2.24) is 9.55 Å². The average Bonchev–Trinajstić information content (AvgIpc) is 2.57. The third-order valence-corrected chi connectivity index (χ3v) is 2.78. The minimum atomic E-state index is 0.499. The molecular formula is C11H14ClN3O. The van der Waals surface area contributed by atoms with E-state index < -0.39 is 0 Å². The lowest BCUT2D eigenvalue weighted by Crippen LogP contribution is -2.05. The number of benzene rings is 1. The van der Waals surface area contributed by atoms with Gasteiger partial charge in [0, 0.05) is 20.3 Å². The summed E-state index contributed by atoms with van der Waals surface area (Å²) < 4.78 is 6.94. The summed E-state index contributed by atoms with van der Waals surface area (Å²) in [6.07, 6.45) is 0.886. The van der Waals surface area contributed by atoms with Crippen LogP contribution < -0.4 is 5.73 Å². The molecule has 0 radical (unpaired) electrons. The number of nitrogens with two attached hydrogens (primary N) is 1. The van der Waals surface area contributed by atoms with Gasteiger partial charge in [-0.05, 0) is 18.6 Å². The number of halogens is 1. The number of fused-ring (bicyclic) bond motifs is 1. The number of rotatable bonds is 4. The van der Waals surface area contributed by atoms with Gasteiger partial charge in [0.25, 0.3) is 0 Å². The van der Waals surface area contributed by atoms with Crippen molar-refractivity contribution in [2.24, 2.45) is 0 Å². The Balaban J connectivity index is 2.38. The Morgan fingerprint density at radius 1 is 1.50 bits per heavy atom. The zero-order chi connectivity index (χ0) is 11.5. The van der Waals surface area contributed by atoms with E-state index in [0.29, 0.717) is 17.6 Å². The average molecular weight is 240 g/mol. The van der Waals surface area contributed by atoms with Gasteiger partial charge in [0.2, 0.25) is 5.95 Å². The summed E-state index contributed by atoms with van der Waals surface area (Å²) >= 11 is 6.14. The highest BCUT2D eigenvalue weighted by molar-refractivity contribution is 6.35. The van der Waals surface area contributed by atoms with Crippen molar-refractivity contribution in [3.8, 4) is 0 Å². The van der Waals surface area contributed by atoms with E-state index in [1.807, 2.05) is 22.8 Å². The smallest absolute Gasteiger partial charge is 0.201 e. The zero-order valence-electron chi connectivity index (χ0n) is 9.11. The fraction of sp³-hybridized carbons (Fsp3) is 0.364. The maximum Gasteiger partial charge on any atom is 0.201 e. The molecule has 1 heterocycles. The van der Waals surface area contributed by atoms with Crippen LogP contribution in [0, 0.1) is 0 Å². The second-order valence-corrected chi connectivity index (χ2v) is 3.98. The minimum Gasteiger partial charge on any atom is -0.385 e. The highest BCUT2D eigenvalue weighted by atomic mass is 35.5. The van der Waals surface area contributed by atoms with Crippen molar-refractivity contribution in [3.63, 3.8) is 0 Å². The predicted molar refractivity (Wildman–Crippen MR) is 65.6 cm³/mol. The first-order valence-corrected chi connectivity index (χ1v) is 5.51. The van der Waals surface area contributed by atoms with Crippen LogP contribution in [0.3, 0.4) is 0 Å². The van der Waals surface area contributed by atoms with Gasteiger partial charge in [-0.3, -0.25) is 0 Å². The topological polar surface area (TPSA) is 53.1 Å². The van der Waals surface area contributed by atoms with Crippen LogP contribution in [0.4, 0.5) is 5.95 Å². The van der Waals surface area contributed by atoms with Gasteiger partial charge in [-0.25, -0.2) is 4.98 Å². The van der Waals surface area contributed by atoms with Crippen LogP contribution in [0.5, 0.6) is 0 Å². The van der Waals surface area contributed by atoms with E-state index in [9.17, 15) is 0 Å². The lowest BCUT2D eigenvalue weighted by molar-refractivity contribution is 0.191. The first kappa shape index (κ1) is 11.2. The van der Waals surface area contributed by atoms with Gasteiger partial charge in [-0.2, -0.15) is 0 Å². The van der Waals surface area contributed by atoms with Crippen LogP contribution in [0.1, 0.15) is 6.42 Å². The van der Waals surface area contributed by atoms with Crippen molar-refractivity contribution in [3.05, 3.63) is 23.2 Å². The van der Waals surface area contributed by atoms with Gasteiger partial charge in [0.1, 0.15) is 0 Å². The van der Waals surface area contributed by atoms with Crippen molar-refractivity contribution in [2.75, 3.05) is 19.5 Å². The molecule has 0 aliphatic rings. The number of hydrogen-bond acceptors (Lipinski definition) is 3. The first-order valence-electron chi connectivity index (χ1n) is 5.13. The summed E-state index contributed by atoms with van der Waals surface area (Å²) in [4.78, 5) is 4.27. The van der Waals surface area contributed by atoms with Crippen molar-refractivity contribution >= 4 is 28.6 Å². The SMILES string of the molecule is COCCCn1c(N)nc2cccc(Cl)c21. The van der Waals surface area contributed by atoms with E-state index in [4.69, 9.17) is 22.1 Å². The van der Waals surface area contributed by atoms with Crippen LogP contribution >= 0.6 is 11.6 Å². The molecule has 0 fully saturated rings. The maximum absolute atomic E-state index is 6.14. The van der Waals surface area contributed by atoms with Crippen molar-refractivity contribution in [2.45, 2.75) is 13.0 Å². The number of nitrogens with zero attached hydrogens (tertiary/aromatic N) is 2. The molecule has 0 spiro atoms. The summed E-state index contributed by atoms with van der Waals surface area (Å²) in [6.45, 7) is 1.46. The molecule has 0 atom stereocenters. The highest BCUT2D eigenvalue weighted by Crippen LogP contribution is 2.25. The lowest BCUT2D eigenvalue weighted by atomic mass is 10.3. The molecule has 1 aromatic carbocycles. The Kier molecular flexibility index (Phi) is 3.31. The summed E-state index contributed by atoms with van der Waals surface area (Å²) in [5.74, 6) is 0.499. The van der Waals surface area contributed by atoms with Gasteiger partial charge in [-0.1, -0.05) is 17.7 Å². The van der Waals surface area contributed by atoms with E-state index in [1.165, 1.54) is 0 Å². The van der Waals surface area contributed by atoms with Gasteiger partial charge >= 0.3 is 0 Å². The second kappa shape index (κ2) is 4.72. The molecule has 0 saturated carbocycles. The number of ether oxygens (including phenoxy) is 1. The number of para-hydroxylation sites is 1. The molecular weight excluding hydrogens is 226 g/mol. The van der Waals surface area contributed by atoms with Crippen LogP contribution in [0.2, 0.25) is 5.02 Å². The van der Waals surface area contributed by atoms with E-state index >= 15 is 0 Å². The monoisotopic (exact) mass is 239 g/mol. The molecule has 0 bridgehead atoms. The Hall–Kier alpha value is -1.26. The minimum absolute atomic E-state index is 0.499. The summed E-state index contributed by atoms with van der Waals surface area (Å²) in [6, 6.07) is 5.62. The van der Waals surface area contributed by atoms with Gasteiger partial charge in [0.15, 0.2) is 0 Å². The Labute approximate surface area is 99.0 Å². The largest absolute Gasteiger partial charge is 0.385 e. The molecule has 1 aromatic heterocycles. The molecule has 2 aromatic rings. The molecule has 5 heteroatoms. The summed E-state index contributed by atoms with van der Waals surface area (Å²) in [5, 5.41) is 0.680. The second-order valence-electron chi connectivity index (χ2n) is 3.58. The number of aromatic nitrogens is 2. The van der Waals surface area contributed by atoms with Crippen LogP contribution in [0.25, 0.3) is 11.0 Å². The first-order chi connectivity index (χ1) is 7.74. The Bertz CT molecular complexity index is 495. The lowest BCUT2D eigenvalue weighted by Gasteiger charge is -2.06. The number of aryl methyl sites for hydroxylation is 1. The molecule has 0 aliphatic carbocycles. The number of methoxy groups -OCH3 is 1. The Morgan fingerprint density at radius 3 is 3.06 bits per heavy atom. The standard InChI is InChI=1S/C11H14ClN3O/c1-16-7-3-6-15-10-8(12)4-2-5-9(10)14-11(15)13/h2,4-5H,3,6-7H2,1H3,(H2,13,14). The summed E-state index contributed by atoms with van der Waals surface area (Å²) in [5.41, 5.74) is 7.59. The number of anilines is 1. The third-order valence-electron chi connectivity index (χ3n) is 2.48. The van der Waals surface area contributed by atoms with Crippen molar-refractivity contribution in [1.29, 1.82) is 0 Å². The molecule has 2 N–H and O–H groups in total. The van der Waals surface area contributed by atoms with E-state index in [0.717, 1.165) is 24.0 Å². The van der Waals surface area contributed by atoms with Gasteiger partial charge < -0.3 is 15.0 Å². The molecule has 86 valence electrons. The van der Waals surface area contributed by atoms with Crippen molar-refractivity contribution < 1.29 is 4.74 Å². The highest BCUT2D eigenvalue weighted by Gasteiger charge is 2.10. The molecule has 0 aliphatic heterocycles. The van der Waals surface area contributed by atoms with Gasteiger partial charge in [0.05, 0.1) is 16.1 Å². The van der Waals surface area contributed by atoms with E-state index in [1.54, 1.807) is 7.11 Å². The van der Waals surface area contributed by atoms with Crippen LogP contribution in [-0.2, 0) is 11.3 Å². The molecule has 4 nitrogen and oxygen atoms in total. The predicted octanol–water partition coefficient (Wildman–Crippen LogP) is 2.31. The van der Waals surface area contributed by atoms with Gasteiger partial charge in [-0.15, -0.1) is 0 Å². The zero-order valence-corrected chi connectivity index (χ0v) is 9.87. The van der Waals surface area contributed by atoms with E-state index in [-0.39, 0.29) is 0 Å². The van der Waals surface area contributed by atoms with Crippen LogP contribution in [0.15, 0.2) is 18.2 Å². The fourth-order valence-corrected chi connectivity index (χ4v) is 2.02. The van der Waals surface area contributed by atoms with Crippen LogP contribution in [-0.4, -0.2) is 23.3 Å². The van der Waals surface area contributed by atoms with E-state index in [2.05, 4.69) is 4.98 Å². The number of hydrogen-bond donors (Lipinski definition) is 1. The quantitative estimate of drug-likeness (QED) is 0.833. The fourth-order valence-electron chi connectivity index (χ4n) is 1.75. The third kappa shape index (κ3) is 1.99. The molecule has 16 heavy (non-hydrogen) atoms. The number of nitrogen functional groups attached to an aromatic ring is 1. The molecule has 0 unspecified atom stereocenters. The maximum atomic E-state index is 6.14.